The molecule has 0 unspecified atom stereocenters. The molecule has 0 radical (unpaired) electrons. The number of piperidine rings is 1. The number of ether oxygens (including phenoxy) is 1. The third-order valence-corrected chi connectivity index (χ3v) is 6.23. The van der Waals surface area contributed by atoms with Crippen molar-refractivity contribution in [2.24, 2.45) is 0 Å². The molecule has 0 bridgehead atoms. The number of methoxy groups -OCH3 is 1. The number of aromatic amines is 1. The van der Waals surface area contributed by atoms with Gasteiger partial charge in [0.25, 0.3) is 5.56 Å². The Kier molecular flexibility index (Phi) is 5.83. The highest BCUT2D eigenvalue weighted by atomic mass is 16.5. The average Bonchev–Trinajstić information content (AvgIpc) is 3.36. The number of fused-ring (bicyclic) bond motifs is 1. The van der Waals surface area contributed by atoms with Crippen LogP contribution in [0.5, 0.6) is 5.75 Å². The van der Waals surface area contributed by atoms with Crippen LogP contribution in [-0.4, -0.2) is 39.7 Å². The van der Waals surface area contributed by atoms with Crippen LogP contribution in [0.15, 0.2) is 59.9 Å². The molecular formula is C25H28N6O2. The maximum atomic E-state index is 13.5. The number of anilines is 2. The van der Waals surface area contributed by atoms with Crippen LogP contribution in [0.4, 0.5) is 11.4 Å². The number of H-pyrrole nitrogens is 1. The van der Waals surface area contributed by atoms with Gasteiger partial charge in [0.1, 0.15) is 11.6 Å². The molecule has 5 rings (SSSR count). The van der Waals surface area contributed by atoms with Crippen LogP contribution in [0.25, 0.3) is 10.9 Å². The highest BCUT2D eigenvalue weighted by Gasteiger charge is 2.19. The van der Waals surface area contributed by atoms with Gasteiger partial charge in [-0.15, -0.1) is 0 Å². The molecule has 2 aromatic carbocycles. The predicted octanol–water partition coefficient (Wildman–Crippen LogP) is 3.70. The molecule has 0 saturated carbocycles. The summed E-state index contributed by atoms with van der Waals surface area (Å²) in [7, 11) is 1.67. The molecule has 1 fully saturated rings. The van der Waals surface area contributed by atoms with Crippen molar-refractivity contribution in [2.75, 3.05) is 25.1 Å². The minimum Gasteiger partial charge on any atom is -0.497 e. The van der Waals surface area contributed by atoms with Gasteiger partial charge in [0.15, 0.2) is 0 Å². The van der Waals surface area contributed by atoms with E-state index < -0.39 is 0 Å². The summed E-state index contributed by atoms with van der Waals surface area (Å²) in [5.41, 5.74) is 3.66. The van der Waals surface area contributed by atoms with Crippen LogP contribution in [0.3, 0.4) is 0 Å². The van der Waals surface area contributed by atoms with Crippen LogP contribution < -0.4 is 20.5 Å². The fourth-order valence-corrected chi connectivity index (χ4v) is 4.50. The summed E-state index contributed by atoms with van der Waals surface area (Å²) in [5, 5.41) is 3.98. The standard InChI is InChI=1S/C25H28N6O2/c1-17-11-20(13-21(12-17)33-2)30(15-24-27-9-10-28-24)19-3-4-23-22(14-19)25(32)31(16-29-23)18-5-7-26-8-6-18/h3-4,9-14,16,18,26H,5-8,15H2,1-2H3,(H,27,28). The van der Waals surface area contributed by atoms with E-state index in [4.69, 9.17) is 4.74 Å². The summed E-state index contributed by atoms with van der Waals surface area (Å²) in [6.45, 7) is 4.40. The Morgan fingerprint density at radius 3 is 2.73 bits per heavy atom. The molecule has 1 saturated heterocycles. The predicted molar refractivity (Wildman–Crippen MR) is 129 cm³/mol. The molecule has 0 atom stereocenters. The molecule has 1 aliphatic rings. The van der Waals surface area contributed by atoms with Crippen molar-refractivity contribution in [1.82, 2.24) is 24.8 Å². The molecule has 8 heteroatoms. The Morgan fingerprint density at radius 2 is 1.97 bits per heavy atom. The van der Waals surface area contributed by atoms with Crippen LogP contribution >= 0.6 is 0 Å². The van der Waals surface area contributed by atoms with E-state index in [1.807, 2.05) is 43.5 Å². The van der Waals surface area contributed by atoms with Gasteiger partial charge in [-0.2, -0.15) is 0 Å². The zero-order valence-corrected chi connectivity index (χ0v) is 18.9. The van der Waals surface area contributed by atoms with Crippen LogP contribution in [0, 0.1) is 6.92 Å². The van der Waals surface area contributed by atoms with Gasteiger partial charge >= 0.3 is 0 Å². The third kappa shape index (κ3) is 4.34. The fourth-order valence-electron chi connectivity index (χ4n) is 4.50. The molecular weight excluding hydrogens is 416 g/mol. The van der Waals surface area contributed by atoms with E-state index in [1.165, 1.54) is 0 Å². The Morgan fingerprint density at radius 1 is 1.12 bits per heavy atom. The first-order valence-electron chi connectivity index (χ1n) is 11.3. The molecule has 170 valence electrons. The number of nitrogens with one attached hydrogen (secondary N) is 2. The summed E-state index contributed by atoms with van der Waals surface area (Å²) >= 11 is 0. The second kappa shape index (κ2) is 9.07. The number of nitrogens with zero attached hydrogens (tertiary/aromatic N) is 4. The first-order chi connectivity index (χ1) is 16.1. The summed E-state index contributed by atoms with van der Waals surface area (Å²) in [6.07, 6.45) is 7.12. The first kappa shape index (κ1) is 21.2. The number of benzene rings is 2. The van der Waals surface area contributed by atoms with Crippen LogP contribution in [-0.2, 0) is 6.54 Å². The molecule has 2 N–H and O–H groups in total. The van der Waals surface area contributed by atoms with Crippen LogP contribution in [0.1, 0.15) is 30.3 Å². The first-order valence-corrected chi connectivity index (χ1v) is 11.3. The molecule has 3 heterocycles. The molecule has 0 amide bonds. The van der Waals surface area contributed by atoms with Crippen molar-refractivity contribution in [2.45, 2.75) is 32.4 Å². The van der Waals surface area contributed by atoms with Gasteiger partial charge < -0.3 is 19.9 Å². The zero-order valence-electron chi connectivity index (χ0n) is 18.9. The third-order valence-electron chi connectivity index (χ3n) is 6.23. The Balaban J connectivity index is 1.61. The Labute approximate surface area is 192 Å². The van der Waals surface area contributed by atoms with Gasteiger partial charge in [-0.25, -0.2) is 9.97 Å². The Hall–Kier alpha value is -3.65. The van der Waals surface area contributed by atoms with E-state index in [1.54, 1.807) is 24.2 Å². The van der Waals surface area contributed by atoms with Crippen molar-refractivity contribution in [3.63, 3.8) is 0 Å². The molecule has 1 aliphatic heterocycles. The number of rotatable bonds is 6. The molecule has 0 aliphatic carbocycles. The van der Waals surface area contributed by atoms with Gasteiger partial charge in [0.2, 0.25) is 0 Å². The molecule has 33 heavy (non-hydrogen) atoms. The number of aromatic nitrogens is 4. The largest absolute Gasteiger partial charge is 0.497 e. The van der Waals surface area contributed by atoms with Crippen molar-refractivity contribution in [3.8, 4) is 5.75 Å². The minimum absolute atomic E-state index is 0.00789. The fraction of sp³-hybridized carbons (Fsp3) is 0.320. The van der Waals surface area contributed by atoms with Crippen molar-refractivity contribution >= 4 is 22.3 Å². The van der Waals surface area contributed by atoms with Gasteiger partial charge in [0, 0.05) is 35.9 Å². The van der Waals surface area contributed by atoms with E-state index in [-0.39, 0.29) is 11.6 Å². The maximum absolute atomic E-state index is 13.5. The summed E-state index contributed by atoms with van der Waals surface area (Å²) in [5.74, 6) is 1.61. The SMILES string of the molecule is COc1cc(C)cc(N(Cc2ncc[nH]2)c2ccc3ncn(C4CCNCC4)c(=O)c3c2)c1. The monoisotopic (exact) mass is 444 g/mol. The van der Waals surface area contributed by atoms with E-state index in [9.17, 15) is 4.79 Å². The molecule has 0 spiro atoms. The molecule has 4 aromatic rings. The topological polar surface area (TPSA) is 88.1 Å². The normalized spacial score (nSPS) is 14.5. The lowest BCUT2D eigenvalue weighted by Gasteiger charge is -2.26. The van der Waals surface area contributed by atoms with E-state index >= 15 is 0 Å². The summed E-state index contributed by atoms with van der Waals surface area (Å²) in [6, 6.07) is 12.1. The van der Waals surface area contributed by atoms with Gasteiger partial charge in [0.05, 0.1) is 30.9 Å². The smallest absolute Gasteiger partial charge is 0.261 e. The lowest BCUT2D eigenvalue weighted by atomic mass is 10.1. The van der Waals surface area contributed by atoms with Crippen LogP contribution in [0.2, 0.25) is 0 Å². The molecule has 2 aromatic heterocycles. The molecule has 8 nitrogen and oxygen atoms in total. The lowest BCUT2D eigenvalue weighted by molar-refractivity contribution is 0.359. The van der Waals surface area contributed by atoms with Gasteiger partial charge in [-0.1, -0.05) is 0 Å². The second-order valence-electron chi connectivity index (χ2n) is 8.47. The Bertz CT molecular complexity index is 1310. The highest BCUT2D eigenvalue weighted by Crippen LogP contribution is 2.32. The van der Waals surface area contributed by atoms with E-state index in [0.29, 0.717) is 17.4 Å². The minimum atomic E-state index is 0.00789. The maximum Gasteiger partial charge on any atom is 0.261 e. The number of aryl methyl sites for hydroxylation is 1. The average molecular weight is 445 g/mol. The quantitative estimate of drug-likeness (QED) is 0.472. The highest BCUT2D eigenvalue weighted by molar-refractivity contribution is 5.83. The van der Waals surface area contributed by atoms with Gasteiger partial charge in [-0.3, -0.25) is 9.36 Å². The number of hydrogen-bond donors (Lipinski definition) is 2. The zero-order chi connectivity index (χ0) is 22.8. The second-order valence-corrected chi connectivity index (χ2v) is 8.47. The van der Waals surface area contributed by atoms with E-state index in [2.05, 4.69) is 31.2 Å². The van der Waals surface area contributed by atoms with Gasteiger partial charge in [-0.05, 0) is 68.8 Å². The number of imidazole rings is 1. The van der Waals surface area contributed by atoms with E-state index in [0.717, 1.165) is 54.4 Å². The van der Waals surface area contributed by atoms with Crippen molar-refractivity contribution < 1.29 is 4.74 Å². The number of hydrogen-bond acceptors (Lipinski definition) is 6. The summed E-state index contributed by atoms with van der Waals surface area (Å²) in [4.78, 5) is 27.8. The van der Waals surface area contributed by atoms with Crippen molar-refractivity contribution in [1.29, 1.82) is 0 Å². The lowest BCUT2D eigenvalue weighted by Crippen LogP contribution is -2.34. The van der Waals surface area contributed by atoms with Crippen molar-refractivity contribution in [3.05, 3.63) is 76.9 Å². The summed E-state index contributed by atoms with van der Waals surface area (Å²) < 4.78 is 7.32.